The van der Waals surface area contributed by atoms with E-state index >= 15 is 0 Å². The minimum atomic E-state index is 0.110. The van der Waals surface area contributed by atoms with Gasteiger partial charge in [-0.15, -0.1) is 0 Å². The van der Waals surface area contributed by atoms with Crippen molar-refractivity contribution < 1.29 is 9.53 Å². The number of carbonyl (C=O) groups is 1. The van der Waals surface area contributed by atoms with Gasteiger partial charge in [-0.05, 0) is 0 Å². The first-order valence-electron chi connectivity index (χ1n) is 3.29. The molecule has 1 saturated heterocycles. The molecule has 0 bridgehead atoms. The highest BCUT2D eigenvalue weighted by Gasteiger charge is 2.27. The van der Waals surface area contributed by atoms with E-state index < -0.39 is 0 Å². The van der Waals surface area contributed by atoms with E-state index in [1.54, 1.807) is 4.90 Å². The van der Waals surface area contributed by atoms with Crippen LogP contribution in [0.3, 0.4) is 0 Å². The molecular weight excluding hydrogens is 132 g/mol. The lowest BCUT2D eigenvalue weighted by Gasteiger charge is -2.22. The Morgan fingerprint density at radius 3 is 3.30 bits per heavy atom. The molecule has 2 aliphatic heterocycles. The fraction of sp³-hybridized carbons (Fsp3) is 0.667. The predicted octanol–water partition coefficient (Wildman–Crippen LogP) is -0.743. The summed E-state index contributed by atoms with van der Waals surface area (Å²) < 4.78 is 5.11. The number of nitrogens with zero attached hydrogens (tertiary/aromatic N) is 2. The number of rotatable bonds is 0. The zero-order chi connectivity index (χ0) is 6.97. The number of fused-ring (bicyclic) bond motifs is 1. The molecule has 1 fully saturated rings. The Labute approximate surface area is 58.5 Å². The highest BCUT2D eigenvalue weighted by Crippen LogP contribution is 2.07. The highest BCUT2D eigenvalue weighted by atomic mass is 16.5. The average Bonchev–Trinajstić information content (AvgIpc) is 2.34. The second-order valence-electron chi connectivity index (χ2n) is 2.33. The van der Waals surface area contributed by atoms with E-state index in [4.69, 9.17) is 4.74 Å². The first-order chi connectivity index (χ1) is 4.88. The van der Waals surface area contributed by atoms with Crippen molar-refractivity contribution in [3.63, 3.8) is 0 Å². The maximum Gasteiger partial charge on any atom is 0.249 e. The van der Waals surface area contributed by atoms with Crippen LogP contribution in [0.25, 0.3) is 0 Å². The standard InChI is InChI=1S/C6H8N2O2/c9-6-3-7-5-4-10-2-1-8(5)6/h1-4H2. The van der Waals surface area contributed by atoms with E-state index in [9.17, 15) is 4.79 Å². The fourth-order valence-corrected chi connectivity index (χ4v) is 1.17. The molecule has 0 spiro atoms. The Bertz CT molecular complexity index is 200. The second kappa shape index (κ2) is 2.05. The summed E-state index contributed by atoms with van der Waals surface area (Å²) in [4.78, 5) is 16.7. The van der Waals surface area contributed by atoms with E-state index in [0.717, 1.165) is 5.84 Å². The number of ether oxygens (including phenoxy) is 1. The molecule has 10 heavy (non-hydrogen) atoms. The summed E-state index contributed by atoms with van der Waals surface area (Å²) in [6.45, 7) is 2.15. The lowest BCUT2D eigenvalue weighted by Crippen LogP contribution is -2.41. The van der Waals surface area contributed by atoms with Crippen molar-refractivity contribution in [2.24, 2.45) is 4.99 Å². The SMILES string of the molecule is O=C1CN=C2COCCN12. The van der Waals surface area contributed by atoms with Gasteiger partial charge in [0.15, 0.2) is 0 Å². The maximum atomic E-state index is 11.0. The lowest BCUT2D eigenvalue weighted by molar-refractivity contribution is -0.126. The zero-order valence-electron chi connectivity index (χ0n) is 5.54. The first-order valence-corrected chi connectivity index (χ1v) is 3.29. The Kier molecular flexibility index (Phi) is 1.20. The van der Waals surface area contributed by atoms with Gasteiger partial charge in [-0.3, -0.25) is 14.7 Å². The molecule has 4 heteroatoms. The Morgan fingerprint density at radius 2 is 2.50 bits per heavy atom. The highest BCUT2D eigenvalue weighted by molar-refractivity contribution is 6.04. The van der Waals surface area contributed by atoms with E-state index in [1.807, 2.05) is 0 Å². The monoisotopic (exact) mass is 140 g/mol. The Balaban J connectivity index is 2.18. The third-order valence-corrected chi connectivity index (χ3v) is 1.70. The Morgan fingerprint density at radius 1 is 1.60 bits per heavy atom. The van der Waals surface area contributed by atoms with Crippen LogP contribution in [0, 0.1) is 0 Å². The molecule has 2 aliphatic rings. The van der Waals surface area contributed by atoms with Gasteiger partial charge in [0.05, 0.1) is 13.2 Å². The van der Waals surface area contributed by atoms with Crippen LogP contribution in [-0.2, 0) is 9.53 Å². The number of hydrogen-bond acceptors (Lipinski definition) is 3. The molecule has 2 heterocycles. The molecule has 0 radical (unpaired) electrons. The topological polar surface area (TPSA) is 41.9 Å². The molecule has 0 N–H and O–H groups in total. The quantitative estimate of drug-likeness (QED) is 0.444. The van der Waals surface area contributed by atoms with Gasteiger partial charge in [-0.1, -0.05) is 0 Å². The molecule has 54 valence electrons. The van der Waals surface area contributed by atoms with Crippen LogP contribution in [0.4, 0.5) is 0 Å². The summed E-state index contributed by atoms with van der Waals surface area (Å²) in [7, 11) is 0. The number of carbonyl (C=O) groups excluding carboxylic acids is 1. The van der Waals surface area contributed by atoms with Gasteiger partial charge >= 0.3 is 0 Å². The largest absolute Gasteiger partial charge is 0.372 e. The van der Waals surface area contributed by atoms with Crippen molar-refractivity contribution in [2.75, 3.05) is 26.3 Å². The van der Waals surface area contributed by atoms with Crippen molar-refractivity contribution >= 4 is 11.7 Å². The summed E-state index contributed by atoms with van der Waals surface area (Å²) in [5.74, 6) is 0.912. The molecular formula is C6H8N2O2. The van der Waals surface area contributed by atoms with Gasteiger partial charge in [0.25, 0.3) is 0 Å². The molecule has 1 amide bonds. The minimum Gasteiger partial charge on any atom is -0.372 e. The van der Waals surface area contributed by atoms with Gasteiger partial charge in [-0.2, -0.15) is 0 Å². The van der Waals surface area contributed by atoms with Crippen LogP contribution < -0.4 is 0 Å². The molecule has 0 aromatic heterocycles. The van der Waals surface area contributed by atoms with Crippen molar-refractivity contribution in [1.29, 1.82) is 0 Å². The molecule has 0 aromatic carbocycles. The summed E-state index contributed by atoms with van der Waals surface area (Å²) in [5, 5.41) is 0. The number of aliphatic imine (C=N–C) groups is 1. The third-order valence-electron chi connectivity index (χ3n) is 1.70. The summed E-state index contributed by atoms with van der Waals surface area (Å²) in [6.07, 6.45) is 0. The van der Waals surface area contributed by atoms with Gasteiger partial charge in [0.1, 0.15) is 19.0 Å². The van der Waals surface area contributed by atoms with Crippen LogP contribution in [-0.4, -0.2) is 42.9 Å². The van der Waals surface area contributed by atoms with Crippen LogP contribution in [0.15, 0.2) is 4.99 Å². The number of amides is 1. The van der Waals surface area contributed by atoms with Crippen LogP contribution in [0.1, 0.15) is 0 Å². The fourth-order valence-electron chi connectivity index (χ4n) is 1.17. The normalized spacial score (nSPS) is 24.6. The van der Waals surface area contributed by atoms with Crippen LogP contribution >= 0.6 is 0 Å². The molecule has 4 nitrogen and oxygen atoms in total. The summed E-state index contributed by atoms with van der Waals surface area (Å²) in [5.41, 5.74) is 0. The predicted molar refractivity (Wildman–Crippen MR) is 34.8 cm³/mol. The maximum absolute atomic E-state index is 11.0. The number of morpholine rings is 1. The molecule has 2 rings (SSSR count). The van der Waals surface area contributed by atoms with Crippen molar-refractivity contribution in [3.05, 3.63) is 0 Å². The van der Waals surface area contributed by atoms with Crippen molar-refractivity contribution in [1.82, 2.24) is 4.90 Å². The first kappa shape index (κ1) is 5.85. The second-order valence-corrected chi connectivity index (χ2v) is 2.33. The molecule has 0 aliphatic carbocycles. The number of amidine groups is 1. The van der Waals surface area contributed by atoms with Crippen molar-refractivity contribution in [3.8, 4) is 0 Å². The average molecular weight is 140 g/mol. The molecule has 0 unspecified atom stereocenters. The lowest BCUT2D eigenvalue weighted by atomic mass is 10.4. The van der Waals surface area contributed by atoms with Crippen molar-refractivity contribution in [2.45, 2.75) is 0 Å². The van der Waals surface area contributed by atoms with E-state index in [-0.39, 0.29) is 5.91 Å². The minimum absolute atomic E-state index is 0.110. The van der Waals surface area contributed by atoms with Crippen LogP contribution in [0.2, 0.25) is 0 Å². The van der Waals surface area contributed by atoms with E-state index in [0.29, 0.717) is 26.3 Å². The number of hydrogen-bond donors (Lipinski definition) is 0. The smallest absolute Gasteiger partial charge is 0.249 e. The molecule has 0 aromatic rings. The van der Waals surface area contributed by atoms with Crippen LogP contribution in [0.5, 0.6) is 0 Å². The molecule has 0 atom stereocenters. The van der Waals surface area contributed by atoms with E-state index in [1.165, 1.54) is 0 Å². The molecule has 0 saturated carbocycles. The summed E-state index contributed by atoms with van der Waals surface area (Å²) in [6, 6.07) is 0. The third kappa shape index (κ3) is 0.724. The van der Waals surface area contributed by atoms with Gasteiger partial charge in [-0.25, -0.2) is 0 Å². The van der Waals surface area contributed by atoms with Gasteiger partial charge in [0, 0.05) is 0 Å². The Hall–Kier alpha value is -0.900. The van der Waals surface area contributed by atoms with E-state index in [2.05, 4.69) is 4.99 Å². The van der Waals surface area contributed by atoms with Gasteiger partial charge < -0.3 is 4.74 Å². The van der Waals surface area contributed by atoms with Gasteiger partial charge in [0.2, 0.25) is 5.91 Å². The summed E-state index contributed by atoms with van der Waals surface area (Å²) >= 11 is 0. The zero-order valence-corrected chi connectivity index (χ0v) is 5.54.